The van der Waals surface area contributed by atoms with Crippen molar-refractivity contribution in [3.05, 3.63) is 0 Å². The van der Waals surface area contributed by atoms with Crippen LogP contribution in [0.25, 0.3) is 0 Å². The van der Waals surface area contributed by atoms with Crippen molar-refractivity contribution >= 4 is 11.7 Å². The molecule has 96 valence electrons. The fourth-order valence-electron chi connectivity index (χ4n) is 2.46. The quantitative estimate of drug-likeness (QED) is 0.788. The van der Waals surface area contributed by atoms with Crippen molar-refractivity contribution in [1.82, 2.24) is 10.6 Å². The largest absolute Gasteiger partial charge is 0.387 e. The molecule has 2 aliphatic rings. The Bertz CT molecular complexity index is 324. The predicted octanol–water partition coefficient (Wildman–Crippen LogP) is 1.78. The third-order valence-electron chi connectivity index (χ3n) is 3.36. The van der Waals surface area contributed by atoms with Crippen LogP contribution < -0.4 is 10.6 Å². The molecule has 0 unspecified atom stereocenters. The van der Waals surface area contributed by atoms with Crippen molar-refractivity contribution in [3.8, 4) is 0 Å². The number of oxime groups is 1. The van der Waals surface area contributed by atoms with Gasteiger partial charge in [0.15, 0.2) is 5.60 Å². The minimum atomic E-state index is -0.378. The Morgan fingerprint density at radius 3 is 2.82 bits per heavy atom. The lowest BCUT2D eigenvalue weighted by atomic mass is 10.0. The third-order valence-corrected chi connectivity index (χ3v) is 3.36. The summed E-state index contributed by atoms with van der Waals surface area (Å²) in [5, 5.41) is 9.77. The monoisotopic (exact) mass is 239 g/mol. The van der Waals surface area contributed by atoms with Gasteiger partial charge in [-0.3, -0.25) is 0 Å². The zero-order valence-electron chi connectivity index (χ0n) is 10.6. The normalized spacial score (nSPS) is 28.7. The summed E-state index contributed by atoms with van der Waals surface area (Å²) in [4.78, 5) is 17.0. The Kier molecular flexibility index (Phi) is 3.54. The Morgan fingerprint density at radius 2 is 2.24 bits per heavy atom. The number of urea groups is 1. The van der Waals surface area contributed by atoms with E-state index in [1.807, 2.05) is 13.8 Å². The first-order valence-corrected chi connectivity index (χ1v) is 6.33. The molecule has 2 amide bonds. The Hall–Kier alpha value is -1.26. The van der Waals surface area contributed by atoms with Gasteiger partial charge in [0.2, 0.25) is 0 Å². The average Bonchev–Trinajstić information content (AvgIpc) is 2.87. The minimum Gasteiger partial charge on any atom is -0.387 e. The molecule has 0 aromatic rings. The highest BCUT2D eigenvalue weighted by atomic mass is 16.7. The van der Waals surface area contributed by atoms with Gasteiger partial charge in [-0.15, -0.1) is 0 Å². The van der Waals surface area contributed by atoms with Crippen LogP contribution >= 0.6 is 0 Å². The summed E-state index contributed by atoms with van der Waals surface area (Å²) in [6.45, 7) is 4.39. The van der Waals surface area contributed by atoms with Crippen LogP contribution in [0.5, 0.6) is 0 Å². The molecule has 0 saturated heterocycles. The van der Waals surface area contributed by atoms with Gasteiger partial charge < -0.3 is 15.5 Å². The summed E-state index contributed by atoms with van der Waals surface area (Å²) in [5.74, 6) is 0. The lowest BCUT2D eigenvalue weighted by molar-refractivity contribution is -0.000435. The number of rotatable bonds is 3. The van der Waals surface area contributed by atoms with E-state index >= 15 is 0 Å². The first-order valence-electron chi connectivity index (χ1n) is 6.33. The van der Waals surface area contributed by atoms with E-state index in [0.717, 1.165) is 25.0 Å². The molecule has 1 fully saturated rings. The lowest BCUT2D eigenvalue weighted by Crippen LogP contribution is -2.47. The summed E-state index contributed by atoms with van der Waals surface area (Å²) in [7, 11) is 0. The molecule has 0 aromatic carbocycles. The maximum Gasteiger partial charge on any atom is 0.315 e. The van der Waals surface area contributed by atoms with Crippen LogP contribution in [-0.4, -0.2) is 29.9 Å². The van der Waals surface area contributed by atoms with Crippen molar-refractivity contribution in [3.63, 3.8) is 0 Å². The van der Waals surface area contributed by atoms with Crippen molar-refractivity contribution in [2.24, 2.45) is 5.16 Å². The summed E-state index contributed by atoms with van der Waals surface area (Å²) >= 11 is 0. The smallest absolute Gasteiger partial charge is 0.315 e. The van der Waals surface area contributed by atoms with Crippen LogP contribution in [-0.2, 0) is 4.84 Å². The summed E-state index contributed by atoms with van der Waals surface area (Å²) < 4.78 is 0. The van der Waals surface area contributed by atoms with E-state index in [1.54, 1.807) is 0 Å². The highest BCUT2D eigenvalue weighted by Crippen LogP contribution is 2.22. The average molecular weight is 239 g/mol. The number of nitrogens with one attached hydrogen (secondary N) is 2. The van der Waals surface area contributed by atoms with Gasteiger partial charge >= 0.3 is 6.03 Å². The standard InChI is InChI=1S/C12H21N3O2/c1-9-7-12(2,17-15-9)8-13-11(16)14-10-5-3-4-6-10/h10H,3-8H2,1-2H3,(H2,13,14,16)/t12-/m0/s1. The number of amides is 2. The van der Waals surface area contributed by atoms with Crippen molar-refractivity contribution in [2.45, 2.75) is 57.6 Å². The van der Waals surface area contributed by atoms with E-state index in [1.165, 1.54) is 12.8 Å². The molecule has 1 saturated carbocycles. The lowest BCUT2D eigenvalue weighted by Gasteiger charge is -2.22. The number of carbonyl (C=O) groups is 1. The zero-order chi connectivity index (χ0) is 12.3. The maximum absolute atomic E-state index is 11.7. The molecule has 1 atom stereocenters. The van der Waals surface area contributed by atoms with Gasteiger partial charge in [0.25, 0.3) is 0 Å². The molecule has 1 heterocycles. The molecule has 0 bridgehead atoms. The molecule has 2 N–H and O–H groups in total. The fourth-order valence-corrected chi connectivity index (χ4v) is 2.46. The zero-order valence-corrected chi connectivity index (χ0v) is 10.6. The molecule has 5 nitrogen and oxygen atoms in total. The first kappa shape index (κ1) is 12.2. The molecule has 17 heavy (non-hydrogen) atoms. The van der Waals surface area contributed by atoms with Crippen LogP contribution in [0, 0.1) is 0 Å². The van der Waals surface area contributed by atoms with E-state index in [0.29, 0.717) is 12.6 Å². The second kappa shape index (κ2) is 4.94. The van der Waals surface area contributed by atoms with Gasteiger partial charge in [0.1, 0.15) is 0 Å². The molecular weight excluding hydrogens is 218 g/mol. The number of carbonyl (C=O) groups excluding carboxylic acids is 1. The number of hydrogen-bond donors (Lipinski definition) is 2. The van der Waals surface area contributed by atoms with Gasteiger partial charge in [-0.2, -0.15) is 0 Å². The summed E-state index contributed by atoms with van der Waals surface area (Å²) in [5.41, 5.74) is 0.599. The SMILES string of the molecule is CC1=NO[C@](C)(CNC(=O)NC2CCCC2)C1. The fraction of sp³-hybridized carbons (Fsp3) is 0.833. The van der Waals surface area contributed by atoms with Gasteiger partial charge in [-0.1, -0.05) is 18.0 Å². The summed E-state index contributed by atoms with van der Waals surface area (Å²) in [6.07, 6.45) is 5.42. The third kappa shape index (κ3) is 3.35. The summed E-state index contributed by atoms with van der Waals surface area (Å²) in [6, 6.07) is 0.261. The van der Waals surface area contributed by atoms with Crippen LogP contribution in [0.3, 0.4) is 0 Å². The Balaban J connectivity index is 1.69. The van der Waals surface area contributed by atoms with Crippen LogP contribution in [0.4, 0.5) is 4.79 Å². The predicted molar refractivity (Wildman–Crippen MR) is 66.0 cm³/mol. The minimum absolute atomic E-state index is 0.0914. The molecule has 5 heteroatoms. The van der Waals surface area contributed by atoms with Gasteiger partial charge in [-0.25, -0.2) is 4.79 Å². The Labute approximate surface area is 102 Å². The molecule has 1 aliphatic carbocycles. The van der Waals surface area contributed by atoms with Crippen LogP contribution in [0.15, 0.2) is 5.16 Å². The van der Waals surface area contributed by atoms with E-state index in [4.69, 9.17) is 4.84 Å². The van der Waals surface area contributed by atoms with E-state index in [2.05, 4.69) is 15.8 Å². The molecule has 1 aliphatic heterocycles. The highest BCUT2D eigenvalue weighted by molar-refractivity contribution is 5.83. The molecule has 0 radical (unpaired) electrons. The van der Waals surface area contributed by atoms with Gasteiger partial charge in [0, 0.05) is 12.5 Å². The van der Waals surface area contributed by atoms with Gasteiger partial charge in [-0.05, 0) is 26.7 Å². The van der Waals surface area contributed by atoms with E-state index < -0.39 is 0 Å². The van der Waals surface area contributed by atoms with Crippen molar-refractivity contribution in [1.29, 1.82) is 0 Å². The van der Waals surface area contributed by atoms with Crippen molar-refractivity contribution in [2.75, 3.05) is 6.54 Å². The topological polar surface area (TPSA) is 62.7 Å². The maximum atomic E-state index is 11.7. The Morgan fingerprint density at radius 1 is 1.53 bits per heavy atom. The number of hydrogen-bond acceptors (Lipinski definition) is 3. The van der Waals surface area contributed by atoms with Gasteiger partial charge in [0.05, 0.1) is 12.3 Å². The van der Waals surface area contributed by atoms with E-state index in [-0.39, 0.29) is 11.6 Å². The molecule has 0 spiro atoms. The highest BCUT2D eigenvalue weighted by Gasteiger charge is 2.33. The van der Waals surface area contributed by atoms with Crippen LogP contribution in [0.1, 0.15) is 46.0 Å². The first-order chi connectivity index (χ1) is 8.07. The second-order valence-electron chi connectivity index (χ2n) is 5.35. The van der Waals surface area contributed by atoms with E-state index in [9.17, 15) is 4.79 Å². The molecule has 0 aromatic heterocycles. The number of nitrogens with zero attached hydrogens (tertiary/aromatic N) is 1. The van der Waals surface area contributed by atoms with Crippen LogP contribution in [0.2, 0.25) is 0 Å². The second-order valence-corrected chi connectivity index (χ2v) is 5.35. The molecular formula is C12H21N3O2. The van der Waals surface area contributed by atoms with Crippen molar-refractivity contribution < 1.29 is 9.63 Å². The molecule has 2 rings (SSSR count).